The summed E-state index contributed by atoms with van der Waals surface area (Å²) in [6.07, 6.45) is 8.28. The zero-order chi connectivity index (χ0) is 16.7. The fourth-order valence-electron chi connectivity index (χ4n) is 3.96. The first kappa shape index (κ1) is 18.7. The molecule has 1 N–H and O–H groups in total. The Hall–Kier alpha value is -0.610. The SMILES string of the molecule is CC(CC(=O)N1CCCCCC1)NCC1CCCOC1C(C)C. The Morgan fingerprint density at radius 3 is 2.48 bits per heavy atom. The average Bonchev–Trinajstić information content (AvgIpc) is 2.82. The van der Waals surface area contributed by atoms with E-state index in [2.05, 4.69) is 31.0 Å². The predicted molar refractivity (Wildman–Crippen MR) is 94.4 cm³/mol. The largest absolute Gasteiger partial charge is 0.378 e. The van der Waals surface area contributed by atoms with Crippen molar-refractivity contribution in [1.29, 1.82) is 0 Å². The summed E-state index contributed by atoms with van der Waals surface area (Å²) in [4.78, 5) is 14.5. The van der Waals surface area contributed by atoms with Crippen molar-refractivity contribution in [2.45, 2.75) is 77.9 Å². The van der Waals surface area contributed by atoms with Crippen LogP contribution < -0.4 is 5.32 Å². The van der Waals surface area contributed by atoms with Crippen molar-refractivity contribution in [3.63, 3.8) is 0 Å². The number of hydrogen-bond acceptors (Lipinski definition) is 3. The lowest BCUT2D eigenvalue weighted by Crippen LogP contribution is -2.43. The van der Waals surface area contributed by atoms with Crippen LogP contribution in [0.4, 0.5) is 0 Å². The minimum atomic E-state index is 0.250. The van der Waals surface area contributed by atoms with Crippen LogP contribution in [-0.2, 0) is 9.53 Å². The molecule has 2 saturated heterocycles. The molecule has 4 heteroatoms. The predicted octanol–water partition coefficient (Wildman–Crippen LogP) is 3.21. The van der Waals surface area contributed by atoms with Crippen molar-refractivity contribution >= 4 is 5.91 Å². The lowest BCUT2D eigenvalue weighted by molar-refractivity contribution is -0.131. The quantitative estimate of drug-likeness (QED) is 0.816. The molecule has 0 saturated carbocycles. The molecule has 3 atom stereocenters. The Labute approximate surface area is 142 Å². The Balaban J connectivity index is 1.73. The second-order valence-electron chi connectivity index (χ2n) is 7.79. The molecule has 0 aromatic rings. The van der Waals surface area contributed by atoms with Crippen LogP contribution in [0.1, 0.15) is 65.7 Å². The first-order chi connectivity index (χ1) is 11.1. The van der Waals surface area contributed by atoms with Crippen LogP contribution in [0.5, 0.6) is 0 Å². The Bertz CT molecular complexity index is 351. The van der Waals surface area contributed by atoms with Crippen molar-refractivity contribution in [2.75, 3.05) is 26.2 Å². The van der Waals surface area contributed by atoms with E-state index >= 15 is 0 Å². The Kier molecular flexibility index (Phi) is 7.84. The fraction of sp³-hybridized carbons (Fsp3) is 0.947. The molecule has 0 spiro atoms. The van der Waals surface area contributed by atoms with Gasteiger partial charge in [0.25, 0.3) is 0 Å². The second kappa shape index (κ2) is 9.63. The number of carbonyl (C=O) groups excluding carboxylic acids is 1. The third kappa shape index (κ3) is 6.07. The second-order valence-corrected chi connectivity index (χ2v) is 7.79. The number of rotatable bonds is 6. The number of nitrogens with zero attached hydrogens (tertiary/aromatic N) is 1. The molecule has 1 amide bonds. The maximum atomic E-state index is 12.4. The van der Waals surface area contributed by atoms with Crippen molar-refractivity contribution in [3.05, 3.63) is 0 Å². The molecule has 0 aromatic carbocycles. The van der Waals surface area contributed by atoms with Gasteiger partial charge in [0.1, 0.15) is 0 Å². The van der Waals surface area contributed by atoms with Gasteiger partial charge in [-0.05, 0) is 44.4 Å². The van der Waals surface area contributed by atoms with Gasteiger partial charge in [0, 0.05) is 38.7 Å². The van der Waals surface area contributed by atoms with Crippen molar-refractivity contribution in [2.24, 2.45) is 11.8 Å². The van der Waals surface area contributed by atoms with Crippen LogP contribution in [0, 0.1) is 11.8 Å². The zero-order valence-electron chi connectivity index (χ0n) is 15.4. The highest BCUT2D eigenvalue weighted by atomic mass is 16.5. The number of carbonyl (C=O) groups is 1. The molecule has 4 nitrogen and oxygen atoms in total. The molecule has 2 rings (SSSR count). The van der Waals surface area contributed by atoms with Crippen LogP contribution in [0.15, 0.2) is 0 Å². The molecule has 0 radical (unpaired) electrons. The van der Waals surface area contributed by atoms with Crippen LogP contribution >= 0.6 is 0 Å². The van der Waals surface area contributed by atoms with Gasteiger partial charge in [0.05, 0.1) is 6.10 Å². The molecule has 0 bridgehead atoms. The summed E-state index contributed by atoms with van der Waals surface area (Å²) >= 11 is 0. The van der Waals surface area contributed by atoms with Gasteiger partial charge >= 0.3 is 0 Å². The van der Waals surface area contributed by atoms with Gasteiger partial charge in [0.15, 0.2) is 0 Å². The van der Waals surface area contributed by atoms with E-state index in [1.54, 1.807) is 0 Å². The summed E-state index contributed by atoms with van der Waals surface area (Å²) < 4.78 is 5.96. The van der Waals surface area contributed by atoms with Crippen molar-refractivity contribution < 1.29 is 9.53 Å². The molecule has 2 fully saturated rings. The van der Waals surface area contributed by atoms with Gasteiger partial charge in [-0.15, -0.1) is 0 Å². The molecule has 23 heavy (non-hydrogen) atoms. The maximum Gasteiger partial charge on any atom is 0.224 e. The number of likely N-dealkylation sites (tertiary alicyclic amines) is 1. The molecule has 2 heterocycles. The third-order valence-corrected chi connectivity index (χ3v) is 5.32. The minimum Gasteiger partial charge on any atom is -0.378 e. The van der Waals surface area contributed by atoms with E-state index in [0.717, 1.165) is 32.7 Å². The van der Waals surface area contributed by atoms with Gasteiger partial charge in [0.2, 0.25) is 5.91 Å². The van der Waals surface area contributed by atoms with E-state index in [4.69, 9.17) is 4.74 Å². The van der Waals surface area contributed by atoms with E-state index in [-0.39, 0.29) is 6.04 Å². The topological polar surface area (TPSA) is 41.6 Å². The average molecular weight is 325 g/mol. The lowest BCUT2D eigenvalue weighted by atomic mass is 9.87. The standard InChI is InChI=1S/C19H36N2O2/c1-15(2)19-17(9-8-12-23-19)14-20-16(3)13-18(22)21-10-6-4-5-7-11-21/h15-17,19-20H,4-14H2,1-3H3. The first-order valence-corrected chi connectivity index (χ1v) is 9.70. The summed E-state index contributed by atoms with van der Waals surface area (Å²) in [5, 5.41) is 3.60. The van der Waals surface area contributed by atoms with E-state index in [1.807, 2.05) is 0 Å². The molecule has 2 aliphatic rings. The van der Waals surface area contributed by atoms with Gasteiger partial charge in [-0.1, -0.05) is 26.7 Å². The highest BCUT2D eigenvalue weighted by Crippen LogP contribution is 2.25. The summed E-state index contributed by atoms with van der Waals surface area (Å²) in [5.74, 6) is 1.47. The van der Waals surface area contributed by atoms with Crippen molar-refractivity contribution in [1.82, 2.24) is 10.2 Å². The normalized spacial score (nSPS) is 27.7. The smallest absolute Gasteiger partial charge is 0.224 e. The number of hydrogen-bond donors (Lipinski definition) is 1. The Morgan fingerprint density at radius 2 is 1.83 bits per heavy atom. The van der Waals surface area contributed by atoms with E-state index in [0.29, 0.717) is 30.3 Å². The van der Waals surface area contributed by atoms with Crippen LogP contribution in [0.25, 0.3) is 0 Å². The monoisotopic (exact) mass is 324 g/mol. The van der Waals surface area contributed by atoms with Crippen LogP contribution in [-0.4, -0.2) is 49.2 Å². The fourth-order valence-corrected chi connectivity index (χ4v) is 3.96. The van der Waals surface area contributed by atoms with Gasteiger partial charge < -0.3 is 15.0 Å². The molecular weight excluding hydrogens is 288 g/mol. The van der Waals surface area contributed by atoms with E-state index in [9.17, 15) is 4.79 Å². The molecule has 3 unspecified atom stereocenters. The molecule has 134 valence electrons. The highest BCUT2D eigenvalue weighted by Gasteiger charge is 2.28. The van der Waals surface area contributed by atoms with Gasteiger partial charge in [-0.3, -0.25) is 4.79 Å². The van der Waals surface area contributed by atoms with E-state index in [1.165, 1.54) is 32.1 Å². The van der Waals surface area contributed by atoms with Crippen molar-refractivity contribution in [3.8, 4) is 0 Å². The number of ether oxygens (including phenoxy) is 1. The van der Waals surface area contributed by atoms with E-state index < -0.39 is 0 Å². The Morgan fingerprint density at radius 1 is 1.13 bits per heavy atom. The summed E-state index contributed by atoms with van der Waals surface area (Å²) in [6, 6.07) is 0.250. The minimum absolute atomic E-state index is 0.250. The summed E-state index contributed by atoms with van der Waals surface area (Å²) in [5.41, 5.74) is 0. The van der Waals surface area contributed by atoms with Gasteiger partial charge in [-0.2, -0.15) is 0 Å². The summed E-state index contributed by atoms with van der Waals surface area (Å²) in [6.45, 7) is 10.4. The zero-order valence-corrected chi connectivity index (χ0v) is 15.4. The summed E-state index contributed by atoms with van der Waals surface area (Å²) in [7, 11) is 0. The van der Waals surface area contributed by atoms with Crippen LogP contribution in [0.3, 0.4) is 0 Å². The van der Waals surface area contributed by atoms with Gasteiger partial charge in [-0.25, -0.2) is 0 Å². The number of nitrogens with one attached hydrogen (secondary N) is 1. The first-order valence-electron chi connectivity index (χ1n) is 9.70. The highest BCUT2D eigenvalue weighted by molar-refractivity contribution is 5.76. The molecule has 2 aliphatic heterocycles. The third-order valence-electron chi connectivity index (χ3n) is 5.32. The maximum absolute atomic E-state index is 12.4. The molecule has 0 aromatic heterocycles. The lowest BCUT2D eigenvalue weighted by Gasteiger charge is -2.35. The van der Waals surface area contributed by atoms with Crippen LogP contribution in [0.2, 0.25) is 0 Å². The molecule has 0 aliphatic carbocycles. The molecular formula is C19H36N2O2. The number of amides is 1.